The number of ether oxygens (including phenoxy) is 2. The van der Waals surface area contributed by atoms with E-state index in [4.69, 9.17) is 9.47 Å². The molecule has 0 saturated heterocycles. The average molecular weight is 587 g/mol. The van der Waals surface area contributed by atoms with Gasteiger partial charge in [0.05, 0.1) is 5.56 Å². The van der Waals surface area contributed by atoms with E-state index in [9.17, 15) is 16.8 Å². The van der Waals surface area contributed by atoms with Crippen LogP contribution < -0.4 is 14.2 Å². The van der Waals surface area contributed by atoms with E-state index in [1.54, 1.807) is 19.3 Å². The molecule has 0 unspecified atom stereocenters. The van der Waals surface area contributed by atoms with Gasteiger partial charge in [0.1, 0.15) is 19.0 Å². The maximum absolute atomic E-state index is 13.3. The molecule has 4 aromatic rings. The number of anilines is 1. The molecule has 3 heterocycles. The summed E-state index contributed by atoms with van der Waals surface area (Å²) < 4.78 is 65.3. The number of rotatable bonds is 11. The van der Waals surface area contributed by atoms with E-state index in [1.807, 2.05) is 45.0 Å². The first kappa shape index (κ1) is 29.0. The summed E-state index contributed by atoms with van der Waals surface area (Å²) in [4.78, 5) is 12.0. The zero-order valence-electron chi connectivity index (χ0n) is 22.7. The molecule has 1 N–H and O–H groups in total. The van der Waals surface area contributed by atoms with Crippen LogP contribution in [0.3, 0.4) is 0 Å². The molecule has 0 aliphatic rings. The maximum atomic E-state index is 13.3. The van der Waals surface area contributed by atoms with Crippen molar-refractivity contribution in [3.8, 4) is 23.0 Å². The molecule has 0 aliphatic heterocycles. The van der Waals surface area contributed by atoms with E-state index in [0.29, 0.717) is 11.1 Å². The second kappa shape index (κ2) is 11.6. The molecule has 12 nitrogen and oxygen atoms in total. The molecule has 0 spiro atoms. The molecule has 0 fully saturated rings. The van der Waals surface area contributed by atoms with Gasteiger partial charge >= 0.3 is 6.01 Å². The number of aromatic nitrogens is 5. The molecular weight excluding hydrogens is 556 g/mol. The standard InChI is InChI=1S/C26H30N6O6S2/c1-17(2)20-10-11-21(28-16-20)40(35,36)31-24-23(19-8-6-18(3)7-9-19)25(30-32(24)4)37-14-15-38-26-27-13-12-22(29-26)39(5,33)34/h6-13,16-17,31H,14-15H2,1-5H3. The Labute approximate surface area is 233 Å². The molecule has 0 saturated carbocycles. The maximum Gasteiger partial charge on any atom is 0.317 e. The highest BCUT2D eigenvalue weighted by Crippen LogP contribution is 2.37. The molecule has 0 aliphatic carbocycles. The van der Waals surface area contributed by atoms with Crippen LogP contribution >= 0.6 is 0 Å². The van der Waals surface area contributed by atoms with Gasteiger partial charge in [-0.3, -0.25) is 4.72 Å². The monoisotopic (exact) mass is 586 g/mol. The van der Waals surface area contributed by atoms with Crippen molar-refractivity contribution < 1.29 is 26.3 Å². The molecule has 212 valence electrons. The van der Waals surface area contributed by atoms with Gasteiger partial charge in [0, 0.05) is 25.7 Å². The molecule has 0 amide bonds. The predicted molar refractivity (Wildman–Crippen MR) is 149 cm³/mol. The largest absolute Gasteiger partial charge is 0.472 e. The Morgan fingerprint density at radius 1 is 0.925 bits per heavy atom. The van der Waals surface area contributed by atoms with Crippen molar-refractivity contribution >= 4 is 25.7 Å². The van der Waals surface area contributed by atoms with Gasteiger partial charge in [0.2, 0.25) is 5.88 Å². The van der Waals surface area contributed by atoms with Gasteiger partial charge < -0.3 is 9.47 Å². The molecule has 0 radical (unpaired) electrons. The highest BCUT2D eigenvalue weighted by molar-refractivity contribution is 7.92. The normalized spacial score (nSPS) is 11.9. The minimum absolute atomic E-state index is 0.00720. The van der Waals surface area contributed by atoms with Crippen LogP contribution in [-0.4, -0.2) is 61.0 Å². The van der Waals surface area contributed by atoms with Gasteiger partial charge in [0.25, 0.3) is 10.0 Å². The average Bonchev–Trinajstić information content (AvgIpc) is 3.20. The number of hydrogen-bond acceptors (Lipinski definition) is 10. The van der Waals surface area contributed by atoms with Crippen LogP contribution in [0.25, 0.3) is 11.1 Å². The van der Waals surface area contributed by atoms with Gasteiger partial charge in [-0.25, -0.2) is 23.1 Å². The highest BCUT2D eigenvalue weighted by atomic mass is 32.2. The molecule has 0 atom stereocenters. The Balaban J connectivity index is 1.58. The van der Waals surface area contributed by atoms with Crippen LogP contribution in [0.15, 0.2) is 64.9 Å². The first-order chi connectivity index (χ1) is 18.8. The summed E-state index contributed by atoms with van der Waals surface area (Å²) in [7, 11) is -5.97. The third-order valence-corrected chi connectivity index (χ3v) is 8.07. The lowest BCUT2D eigenvalue weighted by atomic mass is 10.1. The lowest BCUT2D eigenvalue weighted by Crippen LogP contribution is -2.17. The summed E-state index contributed by atoms with van der Waals surface area (Å²) in [5.74, 6) is 0.571. The lowest BCUT2D eigenvalue weighted by molar-refractivity contribution is 0.200. The van der Waals surface area contributed by atoms with Gasteiger partial charge in [-0.05, 0) is 36.1 Å². The molecular formula is C26H30N6O6S2. The van der Waals surface area contributed by atoms with Gasteiger partial charge in [-0.15, -0.1) is 5.10 Å². The smallest absolute Gasteiger partial charge is 0.317 e. The third-order valence-electron chi connectivity index (χ3n) is 5.83. The van der Waals surface area contributed by atoms with E-state index in [1.165, 1.54) is 23.0 Å². The van der Waals surface area contributed by atoms with E-state index in [0.717, 1.165) is 17.4 Å². The SMILES string of the molecule is Cc1ccc(-c2c(OCCOc3nccc(S(C)(=O)=O)n3)nn(C)c2NS(=O)(=O)c2ccc(C(C)C)cn2)cc1. The zero-order chi connectivity index (χ0) is 29.1. The summed E-state index contributed by atoms with van der Waals surface area (Å²) in [5.41, 5.74) is 3.06. The zero-order valence-corrected chi connectivity index (χ0v) is 24.3. The first-order valence-corrected chi connectivity index (χ1v) is 15.6. The summed E-state index contributed by atoms with van der Waals surface area (Å²) in [6, 6.07) is 11.8. The molecule has 40 heavy (non-hydrogen) atoms. The minimum Gasteiger partial charge on any atom is -0.472 e. The third kappa shape index (κ3) is 6.74. The van der Waals surface area contributed by atoms with Crippen LogP contribution in [0.4, 0.5) is 5.82 Å². The Hall–Kier alpha value is -4.04. The van der Waals surface area contributed by atoms with Crippen molar-refractivity contribution in [3.63, 3.8) is 0 Å². The number of aryl methyl sites for hydroxylation is 2. The molecule has 4 rings (SSSR count). The van der Waals surface area contributed by atoms with E-state index in [-0.39, 0.29) is 46.9 Å². The Morgan fingerprint density at radius 3 is 2.25 bits per heavy atom. The molecule has 1 aromatic carbocycles. The second-order valence-corrected chi connectivity index (χ2v) is 12.9. The van der Waals surface area contributed by atoms with Crippen molar-refractivity contribution in [1.29, 1.82) is 0 Å². The van der Waals surface area contributed by atoms with Crippen molar-refractivity contribution in [3.05, 3.63) is 66.0 Å². The van der Waals surface area contributed by atoms with E-state index < -0.39 is 19.9 Å². The Morgan fingerprint density at radius 2 is 1.62 bits per heavy atom. The predicted octanol–water partition coefficient (Wildman–Crippen LogP) is 3.37. The van der Waals surface area contributed by atoms with Crippen LogP contribution in [0.5, 0.6) is 11.9 Å². The summed E-state index contributed by atoms with van der Waals surface area (Å²) in [6.07, 6.45) is 3.88. The van der Waals surface area contributed by atoms with Crippen LogP contribution in [-0.2, 0) is 26.9 Å². The van der Waals surface area contributed by atoms with Crippen LogP contribution in [0, 0.1) is 6.92 Å². The number of nitrogens with zero attached hydrogens (tertiary/aromatic N) is 5. The molecule has 0 bridgehead atoms. The molecule has 3 aromatic heterocycles. The van der Waals surface area contributed by atoms with Crippen molar-refractivity contribution in [2.24, 2.45) is 7.05 Å². The highest BCUT2D eigenvalue weighted by Gasteiger charge is 2.25. The quantitative estimate of drug-likeness (QED) is 0.204. The van der Waals surface area contributed by atoms with Crippen LogP contribution in [0.1, 0.15) is 30.9 Å². The second-order valence-electron chi connectivity index (χ2n) is 9.35. The number of pyridine rings is 1. The molecule has 14 heteroatoms. The van der Waals surface area contributed by atoms with E-state index >= 15 is 0 Å². The van der Waals surface area contributed by atoms with Gasteiger partial charge in [-0.2, -0.15) is 13.4 Å². The van der Waals surface area contributed by atoms with Crippen molar-refractivity contribution in [2.75, 3.05) is 24.2 Å². The summed E-state index contributed by atoms with van der Waals surface area (Å²) in [5, 5.41) is 4.11. The van der Waals surface area contributed by atoms with Gasteiger partial charge in [-0.1, -0.05) is 49.7 Å². The fourth-order valence-corrected chi connectivity index (χ4v) is 5.23. The van der Waals surface area contributed by atoms with Crippen molar-refractivity contribution in [2.45, 2.75) is 36.7 Å². The fourth-order valence-electron chi connectivity index (χ4n) is 3.64. The fraction of sp³-hybridized carbons (Fsp3) is 0.308. The summed E-state index contributed by atoms with van der Waals surface area (Å²) >= 11 is 0. The summed E-state index contributed by atoms with van der Waals surface area (Å²) in [6.45, 7) is 5.91. The lowest BCUT2D eigenvalue weighted by Gasteiger charge is -2.12. The minimum atomic E-state index is -4.05. The first-order valence-electron chi connectivity index (χ1n) is 12.3. The number of hydrogen-bond donors (Lipinski definition) is 1. The van der Waals surface area contributed by atoms with E-state index in [2.05, 4.69) is 24.8 Å². The van der Waals surface area contributed by atoms with Gasteiger partial charge in [0.15, 0.2) is 19.9 Å². The van der Waals surface area contributed by atoms with Crippen molar-refractivity contribution in [1.82, 2.24) is 24.7 Å². The number of benzene rings is 1. The number of nitrogens with one attached hydrogen (secondary N) is 1. The van der Waals surface area contributed by atoms with Crippen LogP contribution in [0.2, 0.25) is 0 Å². The Kier molecular flexibility index (Phi) is 8.40. The number of sulfonamides is 1. The topological polar surface area (TPSA) is 155 Å². The number of sulfone groups is 1. The Bertz CT molecular complexity index is 1700.